The molecule has 0 spiro atoms. The fourth-order valence-corrected chi connectivity index (χ4v) is 7.87. The number of aliphatic hydroxyl groups excluding tert-OH is 5. The number of rotatable bonds is 39. The number of hydrogen-bond acceptors (Lipinski definition) is 11. The van der Waals surface area contributed by atoms with E-state index in [0.29, 0.717) is 12.8 Å². The first-order valence-corrected chi connectivity index (χ1v) is 24.7. The molecule has 8 unspecified atom stereocenters. The van der Waals surface area contributed by atoms with Gasteiger partial charge in [-0.2, -0.15) is 8.42 Å². The molecule has 8 atom stereocenters. The Bertz CT molecular complexity index is 1170. The molecule has 7 N–H and O–H groups in total. The van der Waals surface area contributed by atoms with Gasteiger partial charge in [-0.3, -0.25) is 9.35 Å². The van der Waals surface area contributed by atoms with Gasteiger partial charge in [-0.15, -0.1) is 0 Å². The number of unbranched alkanes of at least 4 members (excludes halogenated alkanes) is 24. The predicted molar refractivity (Wildman–Crippen MR) is 233 cm³/mol. The van der Waals surface area contributed by atoms with Gasteiger partial charge in [0.05, 0.1) is 25.4 Å². The topological polar surface area (TPSA) is 212 Å². The molecule has 1 aliphatic heterocycles. The molecule has 348 valence electrons. The number of carbonyl (C=O) groups is 1. The maximum absolute atomic E-state index is 13.1. The SMILES string of the molecule is CCCCCCCCC/C=C/CC/C=C/C(O)C(COC1OC(CO)C(O)C(OS(=O)(=O)O)C1O)NC(=O)C(O)CCCCCCCCCCCCCCCCCCC. The quantitative estimate of drug-likeness (QED) is 0.0179. The second-order valence-electron chi connectivity index (χ2n) is 16.5. The van der Waals surface area contributed by atoms with Crippen molar-refractivity contribution in [1.29, 1.82) is 0 Å². The van der Waals surface area contributed by atoms with Gasteiger partial charge in [0, 0.05) is 0 Å². The number of carbonyl (C=O) groups excluding carboxylic acids is 1. The van der Waals surface area contributed by atoms with Gasteiger partial charge in [0.25, 0.3) is 0 Å². The molecule has 0 aliphatic carbocycles. The van der Waals surface area contributed by atoms with E-state index in [2.05, 4.69) is 35.5 Å². The minimum Gasteiger partial charge on any atom is -0.394 e. The van der Waals surface area contributed by atoms with Crippen molar-refractivity contribution in [3.05, 3.63) is 24.3 Å². The summed E-state index contributed by atoms with van der Waals surface area (Å²) in [4.78, 5) is 13.1. The van der Waals surface area contributed by atoms with Crippen LogP contribution in [-0.2, 0) is 28.9 Å². The van der Waals surface area contributed by atoms with Crippen LogP contribution in [0, 0.1) is 0 Å². The van der Waals surface area contributed by atoms with Crippen molar-refractivity contribution in [3.63, 3.8) is 0 Å². The van der Waals surface area contributed by atoms with Crippen LogP contribution in [0.15, 0.2) is 24.3 Å². The van der Waals surface area contributed by atoms with Crippen LogP contribution in [0.5, 0.6) is 0 Å². The average Bonchev–Trinajstić information content (AvgIpc) is 3.20. The summed E-state index contributed by atoms with van der Waals surface area (Å²) in [7, 11) is -5.12. The maximum atomic E-state index is 13.1. The Balaban J connectivity index is 2.58. The Morgan fingerprint density at radius 3 is 1.63 bits per heavy atom. The summed E-state index contributed by atoms with van der Waals surface area (Å²) in [5.74, 6) is -0.711. The van der Waals surface area contributed by atoms with Crippen LogP contribution in [0.3, 0.4) is 0 Å². The van der Waals surface area contributed by atoms with Crippen molar-refractivity contribution >= 4 is 16.3 Å². The molecule has 0 aromatic carbocycles. The van der Waals surface area contributed by atoms with E-state index in [1.165, 1.54) is 128 Å². The lowest BCUT2D eigenvalue weighted by Gasteiger charge is -2.41. The number of hydrogen-bond donors (Lipinski definition) is 7. The molecule has 1 rings (SSSR count). The summed E-state index contributed by atoms with van der Waals surface area (Å²) in [6.07, 6.45) is 28.4. The van der Waals surface area contributed by atoms with Crippen molar-refractivity contribution < 1.29 is 57.0 Å². The van der Waals surface area contributed by atoms with Gasteiger partial charge in [-0.05, 0) is 32.1 Å². The summed E-state index contributed by atoms with van der Waals surface area (Å²) >= 11 is 0. The first-order chi connectivity index (χ1) is 28.4. The lowest BCUT2D eigenvalue weighted by molar-refractivity contribution is -0.298. The summed E-state index contributed by atoms with van der Waals surface area (Å²) < 4.78 is 47.4. The first-order valence-electron chi connectivity index (χ1n) is 23.3. The zero-order valence-electron chi connectivity index (χ0n) is 36.7. The Morgan fingerprint density at radius 2 is 1.14 bits per heavy atom. The summed E-state index contributed by atoms with van der Waals surface area (Å²) in [6, 6.07) is -1.13. The molecule has 0 radical (unpaired) electrons. The maximum Gasteiger partial charge on any atom is 0.397 e. The van der Waals surface area contributed by atoms with Gasteiger partial charge < -0.3 is 40.3 Å². The average molecular weight is 864 g/mol. The third-order valence-electron chi connectivity index (χ3n) is 11.1. The molecule has 1 aliphatic rings. The second-order valence-corrected chi connectivity index (χ2v) is 17.5. The highest BCUT2D eigenvalue weighted by Gasteiger charge is 2.48. The molecule has 14 heteroatoms. The highest BCUT2D eigenvalue weighted by Crippen LogP contribution is 2.26. The zero-order chi connectivity index (χ0) is 43.6. The predicted octanol–water partition coefficient (Wildman–Crippen LogP) is 7.91. The Labute approximate surface area is 357 Å². The molecular weight excluding hydrogens is 779 g/mol. The van der Waals surface area contributed by atoms with Crippen LogP contribution in [0.2, 0.25) is 0 Å². The smallest absolute Gasteiger partial charge is 0.394 e. The number of aliphatic hydroxyl groups is 5. The normalized spacial score (nSPS) is 21.7. The van der Waals surface area contributed by atoms with Gasteiger partial charge in [-0.1, -0.05) is 186 Å². The molecule has 1 heterocycles. The first kappa shape index (κ1) is 55.6. The van der Waals surface area contributed by atoms with Crippen LogP contribution in [0.4, 0.5) is 0 Å². The van der Waals surface area contributed by atoms with E-state index < -0.39 is 78.5 Å². The number of ether oxygens (including phenoxy) is 2. The van der Waals surface area contributed by atoms with Gasteiger partial charge in [-0.25, -0.2) is 4.18 Å². The van der Waals surface area contributed by atoms with Crippen LogP contribution in [-0.4, -0.2) is 107 Å². The summed E-state index contributed by atoms with van der Waals surface area (Å²) in [6.45, 7) is 3.19. The van der Waals surface area contributed by atoms with Crippen LogP contribution in [0.25, 0.3) is 0 Å². The van der Waals surface area contributed by atoms with Gasteiger partial charge in [0.2, 0.25) is 5.91 Å². The summed E-state index contributed by atoms with van der Waals surface area (Å²) in [5, 5.41) is 55.1. The molecule has 0 saturated carbocycles. The van der Waals surface area contributed by atoms with E-state index in [9.17, 15) is 43.3 Å². The van der Waals surface area contributed by atoms with Crippen LogP contribution >= 0.6 is 0 Å². The second kappa shape index (κ2) is 36.1. The van der Waals surface area contributed by atoms with Gasteiger partial charge in [0.15, 0.2) is 6.29 Å². The zero-order valence-corrected chi connectivity index (χ0v) is 37.5. The molecule has 0 aromatic heterocycles. The monoisotopic (exact) mass is 864 g/mol. The highest BCUT2D eigenvalue weighted by molar-refractivity contribution is 7.80. The van der Waals surface area contributed by atoms with Crippen molar-refractivity contribution in [2.75, 3.05) is 13.2 Å². The molecule has 1 amide bonds. The molecule has 59 heavy (non-hydrogen) atoms. The Kier molecular flexibility index (Phi) is 34.0. The van der Waals surface area contributed by atoms with E-state index >= 15 is 0 Å². The third-order valence-corrected chi connectivity index (χ3v) is 11.6. The van der Waals surface area contributed by atoms with Gasteiger partial charge >= 0.3 is 10.4 Å². The standard InChI is InChI=1S/C45H85NO12S/c1-3-5-7-9-11-13-15-17-18-19-20-22-24-26-28-30-32-34-39(49)44(52)46-37(38(48)33-31-29-27-25-23-21-16-14-12-10-8-6-4-2)36-56-45-42(51)43(58-59(53,54)55)41(50)40(35-47)57-45/h23,25,31,33,37-43,45,47-51H,3-22,24,26-30,32,34-36H2,1-2H3,(H,46,52)(H,53,54,55)/b25-23+,33-31+. The Morgan fingerprint density at radius 1 is 0.678 bits per heavy atom. The lowest BCUT2D eigenvalue weighted by Crippen LogP contribution is -2.61. The van der Waals surface area contributed by atoms with Gasteiger partial charge in [0.1, 0.15) is 30.5 Å². The van der Waals surface area contributed by atoms with E-state index in [4.69, 9.17) is 9.47 Å². The summed E-state index contributed by atoms with van der Waals surface area (Å²) in [5.41, 5.74) is 0. The molecular formula is C45H85NO12S. The number of nitrogens with one attached hydrogen (secondary N) is 1. The van der Waals surface area contributed by atoms with Crippen molar-refractivity contribution in [1.82, 2.24) is 5.32 Å². The minimum absolute atomic E-state index is 0.240. The van der Waals surface area contributed by atoms with Crippen LogP contribution < -0.4 is 5.32 Å². The fourth-order valence-electron chi connectivity index (χ4n) is 7.36. The van der Waals surface area contributed by atoms with E-state index in [0.717, 1.165) is 38.5 Å². The largest absolute Gasteiger partial charge is 0.397 e. The number of amides is 1. The molecule has 0 aromatic rings. The van der Waals surface area contributed by atoms with Crippen molar-refractivity contribution in [3.8, 4) is 0 Å². The number of allylic oxidation sites excluding steroid dienone is 3. The highest BCUT2D eigenvalue weighted by atomic mass is 32.3. The van der Waals surface area contributed by atoms with Crippen LogP contribution in [0.1, 0.15) is 194 Å². The van der Waals surface area contributed by atoms with E-state index in [1.54, 1.807) is 6.08 Å². The fraction of sp³-hybridized carbons (Fsp3) is 0.889. The van der Waals surface area contributed by atoms with Crippen molar-refractivity contribution in [2.45, 2.75) is 243 Å². The molecule has 0 bridgehead atoms. The molecule has 1 fully saturated rings. The third kappa shape index (κ3) is 28.7. The molecule has 1 saturated heterocycles. The Hall–Kier alpha value is -1.46. The minimum atomic E-state index is -5.12. The van der Waals surface area contributed by atoms with E-state index in [1.807, 2.05) is 0 Å². The lowest BCUT2D eigenvalue weighted by atomic mass is 9.99. The van der Waals surface area contributed by atoms with Crippen molar-refractivity contribution in [2.24, 2.45) is 0 Å². The molecule has 13 nitrogen and oxygen atoms in total. The van der Waals surface area contributed by atoms with E-state index in [-0.39, 0.29) is 6.42 Å².